The number of aromatic nitrogens is 1. The van der Waals surface area contributed by atoms with Crippen molar-refractivity contribution in [3.05, 3.63) is 17.6 Å². The molecule has 0 aromatic carbocycles. The van der Waals surface area contributed by atoms with E-state index in [4.69, 9.17) is 13.6 Å². The highest BCUT2D eigenvalue weighted by Crippen LogP contribution is 2.02. The lowest BCUT2D eigenvalue weighted by Gasteiger charge is -2.00. The SMILES string of the molecule is [B]c1cc(C)nc(N)c1F. The first-order valence-electron chi connectivity index (χ1n) is 2.79. The van der Waals surface area contributed by atoms with Crippen LogP contribution >= 0.6 is 0 Å². The molecule has 0 amide bonds. The van der Waals surface area contributed by atoms with Crippen molar-refractivity contribution in [2.45, 2.75) is 6.92 Å². The van der Waals surface area contributed by atoms with Gasteiger partial charge in [-0.1, -0.05) is 5.46 Å². The number of hydrogen-bond acceptors (Lipinski definition) is 2. The van der Waals surface area contributed by atoms with Crippen LogP contribution in [0.1, 0.15) is 5.69 Å². The second-order valence-electron chi connectivity index (χ2n) is 2.05. The van der Waals surface area contributed by atoms with Crippen molar-refractivity contribution < 1.29 is 4.39 Å². The Bertz CT molecular complexity index is 239. The number of hydrogen-bond donors (Lipinski definition) is 1. The van der Waals surface area contributed by atoms with Gasteiger partial charge in [-0.05, 0) is 13.0 Å². The van der Waals surface area contributed by atoms with Crippen LogP contribution < -0.4 is 11.2 Å². The number of halogens is 1. The van der Waals surface area contributed by atoms with Gasteiger partial charge in [0.15, 0.2) is 11.6 Å². The smallest absolute Gasteiger partial charge is 0.159 e. The molecule has 0 saturated carbocycles. The number of pyridine rings is 1. The van der Waals surface area contributed by atoms with Gasteiger partial charge >= 0.3 is 0 Å². The zero-order valence-electron chi connectivity index (χ0n) is 5.56. The van der Waals surface area contributed by atoms with Gasteiger partial charge in [0.1, 0.15) is 7.85 Å². The summed E-state index contributed by atoms with van der Waals surface area (Å²) in [4.78, 5) is 3.66. The van der Waals surface area contributed by atoms with Crippen molar-refractivity contribution >= 4 is 19.1 Å². The van der Waals surface area contributed by atoms with E-state index in [1.165, 1.54) is 6.07 Å². The summed E-state index contributed by atoms with van der Waals surface area (Å²) in [5.74, 6) is -0.775. The van der Waals surface area contributed by atoms with Crippen molar-refractivity contribution in [1.82, 2.24) is 4.98 Å². The van der Waals surface area contributed by atoms with Gasteiger partial charge in [-0.2, -0.15) is 0 Å². The van der Waals surface area contributed by atoms with Crippen LogP contribution in [0.25, 0.3) is 0 Å². The largest absolute Gasteiger partial charge is 0.381 e. The van der Waals surface area contributed by atoms with E-state index >= 15 is 0 Å². The Balaban J connectivity index is 3.31. The summed E-state index contributed by atoms with van der Waals surface area (Å²) in [6.45, 7) is 1.70. The lowest BCUT2D eigenvalue weighted by atomic mass is 9.96. The van der Waals surface area contributed by atoms with Gasteiger partial charge < -0.3 is 5.73 Å². The highest BCUT2D eigenvalue weighted by Gasteiger charge is 2.02. The van der Waals surface area contributed by atoms with Crippen LogP contribution in [0.2, 0.25) is 0 Å². The Morgan fingerprint density at radius 1 is 1.70 bits per heavy atom. The first-order chi connectivity index (χ1) is 4.61. The maximum absolute atomic E-state index is 12.6. The Morgan fingerprint density at radius 3 is 2.80 bits per heavy atom. The fourth-order valence-corrected chi connectivity index (χ4v) is 0.708. The van der Waals surface area contributed by atoms with E-state index in [9.17, 15) is 4.39 Å². The van der Waals surface area contributed by atoms with Gasteiger partial charge in [-0.3, -0.25) is 0 Å². The minimum atomic E-state index is -0.634. The molecule has 0 saturated heterocycles. The lowest BCUT2D eigenvalue weighted by Crippen LogP contribution is -2.13. The molecule has 0 unspecified atom stereocenters. The van der Waals surface area contributed by atoms with Gasteiger partial charge in [-0.15, -0.1) is 0 Å². The number of nitrogen functional groups attached to an aromatic ring is 1. The third-order valence-electron chi connectivity index (χ3n) is 1.14. The predicted molar refractivity (Wildman–Crippen MR) is 38.7 cm³/mol. The predicted octanol–water partition coefficient (Wildman–Crippen LogP) is -0.0949. The molecule has 2 N–H and O–H groups in total. The second-order valence-corrected chi connectivity index (χ2v) is 2.05. The van der Waals surface area contributed by atoms with Crippen molar-refractivity contribution in [3.8, 4) is 0 Å². The van der Waals surface area contributed by atoms with Crippen molar-refractivity contribution in [2.24, 2.45) is 0 Å². The molecule has 10 heavy (non-hydrogen) atoms. The molecule has 1 aromatic heterocycles. The quantitative estimate of drug-likeness (QED) is 0.506. The topological polar surface area (TPSA) is 38.9 Å². The van der Waals surface area contributed by atoms with E-state index in [2.05, 4.69) is 4.98 Å². The third-order valence-corrected chi connectivity index (χ3v) is 1.14. The van der Waals surface area contributed by atoms with E-state index < -0.39 is 5.82 Å². The molecule has 0 spiro atoms. The molecule has 1 rings (SSSR count). The summed E-state index contributed by atoms with van der Waals surface area (Å²) in [6.07, 6.45) is 0. The number of rotatable bonds is 0. The van der Waals surface area contributed by atoms with Crippen LogP contribution in [0.3, 0.4) is 0 Å². The maximum Gasteiger partial charge on any atom is 0.159 e. The van der Waals surface area contributed by atoms with Crippen molar-refractivity contribution in [2.75, 3.05) is 5.73 Å². The average Bonchev–Trinajstić information content (AvgIpc) is 1.82. The number of anilines is 1. The van der Waals surface area contributed by atoms with Crippen LogP contribution in [-0.4, -0.2) is 12.8 Å². The lowest BCUT2D eigenvalue weighted by molar-refractivity contribution is 0.634. The van der Waals surface area contributed by atoms with Gasteiger partial charge in [0, 0.05) is 5.69 Å². The van der Waals surface area contributed by atoms with Gasteiger partial charge in [0.25, 0.3) is 0 Å². The minimum absolute atomic E-state index is 0.0463. The summed E-state index contributed by atoms with van der Waals surface area (Å²) in [5, 5.41) is 0. The van der Waals surface area contributed by atoms with Crippen LogP contribution in [0, 0.1) is 12.7 Å². The molecule has 0 fully saturated rings. The van der Waals surface area contributed by atoms with E-state index in [0.717, 1.165) is 0 Å². The minimum Gasteiger partial charge on any atom is -0.381 e. The molecule has 0 aliphatic heterocycles. The summed E-state index contributed by atoms with van der Waals surface area (Å²) in [5.41, 5.74) is 5.82. The van der Waals surface area contributed by atoms with Gasteiger partial charge in [0.2, 0.25) is 0 Å². The van der Waals surface area contributed by atoms with Gasteiger partial charge in [-0.25, -0.2) is 9.37 Å². The standard InChI is InChI=1S/C6H6BFN2/c1-3-2-4(7)5(8)6(9)10-3/h2H,1H3,(H2,9,10). The molecule has 2 nitrogen and oxygen atoms in total. The number of nitrogens with two attached hydrogens (primary N) is 1. The van der Waals surface area contributed by atoms with Crippen molar-refractivity contribution in [3.63, 3.8) is 0 Å². The summed E-state index contributed by atoms with van der Waals surface area (Å²) < 4.78 is 12.6. The van der Waals surface area contributed by atoms with E-state index in [1.54, 1.807) is 6.92 Å². The molecular weight excluding hydrogens is 130 g/mol. The van der Waals surface area contributed by atoms with E-state index in [1.807, 2.05) is 0 Å². The van der Waals surface area contributed by atoms with E-state index in [0.29, 0.717) is 5.69 Å². The first kappa shape index (κ1) is 7.06. The Kier molecular flexibility index (Phi) is 1.61. The molecule has 2 radical (unpaired) electrons. The fraction of sp³-hybridized carbons (Fsp3) is 0.167. The molecule has 4 heteroatoms. The molecular formula is C6H6BFN2. The second kappa shape index (κ2) is 2.29. The Labute approximate surface area is 59.7 Å². The monoisotopic (exact) mass is 136 g/mol. The maximum atomic E-state index is 12.6. The highest BCUT2D eigenvalue weighted by molar-refractivity contribution is 6.32. The summed E-state index contributed by atoms with van der Waals surface area (Å²) in [6, 6.07) is 1.44. The first-order valence-corrected chi connectivity index (χ1v) is 2.79. The molecule has 1 aromatic rings. The number of nitrogens with zero attached hydrogens (tertiary/aromatic N) is 1. The van der Waals surface area contributed by atoms with Crippen LogP contribution in [0.15, 0.2) is 6.07 Å². The molecule has 0 atom stereocenters. The Hall–Kier alpha value is -1.06. The normalized spacial score (nSPS) is 9.80. The molecule has 0 aliphatic rings. The molecule has 0 bridgehead atoms. The van der Waals surface area contributed by atoms with Crippen LogP contribution in [0.4, 0.5) is 10.2 Å². The fourth-order valence-electron chi connectivity index (χ4n) is 0.708. The molecule has 0 aliphatic carbocycles. The molecule has 50 valence electrons. The van der Waals surface area contributed by atoms with Crippen LogP contribution in [-0.2, 0) is 0 Å². The van der Waals surface area contributed by atoms with Crippen molar-refractivity contribution in [1.29, 1.82) is 0 Å². The summed E-state index contributed by atoms with van der Waals surface area (Å²) in [7, 11) is 5.23. The Morgan fingerprint density at radius 2 is 2.30 bits per heavy atom. The van der Waals surface area contributed by atoms with E-state index in [-0.39, 0.29) is 11.3 Å². The highest BCUT2D eigenvalue weighted by atomic mass is 19.1. The van der Waals surface area contributed by atoms with Gasteiger partial charge in [0.05, 0.1) is 0 Å². The third kappa shape index (κ3) is 1.10. The molecule has 1 heterocycles. The number of aryl methyl sites for hydroxylation is 1. The summed E-state index contributed by atoms with van der Waals surface area (Å²) >= 11 is 0. The zero-order valence-corrected chi connectivity index (χ0v) is 5.56. The average molecular weight is 136 g/mol. The zero-order chi connectivity index (χ0) is 7.72. The van der Waals surface area contributed by atoms with Crippen LogP contribution in [0.5, 0.6) is 0 Å².